The molecule has 0 unspecified atom stereocenters. The van der Waals surface area contributed by atoms with Crippen molar-refractivity contribution in [2.24, 2.45) is 35.5 Å². The lowest BCUT2D eigenvalue weighted by Gasteiger charge is -2.45. The summed E-state index contributed by atoms with van der Waals surface area (Å²) >= 11 is 0. The van der Waals surface area contributed by atoms with Gasteiger partial charge in [-0.1, -0.05) is 41.5 Å². The van der Waals surface area contributed by atoms with Gasteiger partial charge in [0.2, 0.25) is 0 Å². The van der Waals surface area contributed by atoms with Gasteiger partial charge in [-0.25, -0.2) is 0 Å². The standard InChI is InChI=1S/C30H55NO8/c1-12-23-30(9,36)27(34)20(7)24(32)15(2)13-16(3)26(19(6)25(33)21(8)28(35)38-23)39-29-18(5)22(31(10)11)14-17(4)37-29/h15-23,25-27,29,33-34,36H,12-14H2,1-11H3/t15-,16+,17-,18-,19+,20+,21-,22+,23-,25+,26+,27-,29+,30-/m1/s1. The molecule has 0 radical (unpaired) electrons. The van der Waals surface area contributed by atoms with Crippen molar-refractivity contribution < 1.29 is 39.1 Å². The predicted molar refractivity (Wildman–Crippen MR) is 149 cm³/mol. The average Bonchev–Trinajstić information content (AvgIpc) is 2.87. The minimum absolute atomic E-state index is 0.0110. The normalized spacial score (nSPS) is 47.5. The maximum Gasteiger partial charge on any atom is 0.311 e. The van der Waals surface area contributed by atoms with Gasteiger partial charge in [-0.3, -0.25) is 9.59 Å². The Morgan fingerprint density at radius 3 is 2.10 bits per heavy atom. The van der Waals surface area contributed by atoms with Crippen LogP contribution in [-0.2, 0) is 23.8 Å². The van der Waals surface area contributed by atoms with Gasteiger partial charge in [0.15, 0.2) is 6.29 Å². The summed E-state index contributed by atoms with van der Waals surface area (Å²) in [5, 5.41) is 33.7. The lowest BCUT2D eigenvalue weighted by molar-refractivity contribution is -0.265. The molecule has 2 saturated heterocycles. The van der Waals surface area contributed by atoms with Gasteiger partial charge >= 0.3 is 5.97 Å². The Bertz CT molecular complexity index is 819. The number of carbonyl (C=O) groups is 2. The molecular formula is C30H55NO8. The van der Waals surface area contributed by atoms with Gasteiger partial charge in [0.1, 0.15) is 17.5 Å². The van der Waals surface area contributed by atoms with Gasteiger partial charge in [0.05, 0.1) is 30.3 Å². The van der Waals surface area contributed by atoms with E-state index < -0.39 is 65.9 Å². The number of ketones is 1. The highest BCUT2D eigenvalue weighted by molar-refractivity contribution is 5.83. The van der Waals surface area contributed by atoms with E-state index in [1.54, 1.807) is 20.8 Å². The Labute approximate surface area is 235 Å². The summed E-state index contributed by atoms with van der Waals surface area (Å²) in [6.07, 6.45) is -3.08. The van der Waals surface area contributed by atoms with Crippen molar-refractivity contribution in [3.63, 3.8) is 0 Å². The molecule has 3 N–H and O–H groups in total. The molecule has 2 fully saturated rings. The zero-order valence-corrected chi connectivity index (χ0v) is 26.0. The predicted octanol–water partition coefficient (Wildman–Crippen LogP) is 3.02. The molecule has 14 atom stereocenters. The largest absolute Gasteiger partial charge is 0.459 e. The summed E-state index contributed by atoms with van der Waals surface area (Å²) in [5.74, 6) is -3.67. The highest BCUT2D eigenvalue weighted by Crippen LogP contribution is 2.37. The maximum atomic E-state index is 13.4. The van der Waals surface area contributed by atoms with Crippen molar-refractivity contribution in [2.45, 2.75) is 130 Å². The smallest absolute Gasteiger partial charge is 0.311 e. The molecule has 2 aliphatic rings. The Hall–Kier alpha value is -1.10. The first kappa shape index (κ1) is 34.1. The second-order valence-corrected chi connectivity index (χ2v) is 13.0. The highest BCUT2D eigenvalue weighted by atomic mass is 16.7. The van der Waals surface area contributed by atoms with Gasteiger partial charge in [0, 0.05) is 29.7 Å². The number of ether oxygens (including phenoxy) is 3. The molecule has 2 rings (SSSR count). The summed E-state index contributed by atoms with van der Waals surface area (Å²) in [5.41, 5.74) is -1.84. The van der Waals surface area contributed by atoms with Gasteiger partial charge in [-0.15, -0.1) is 0 Å². The van der Waals surface area contributed by atoms with Crippen LogP contribution in [0.3, 0.4) is 0 Å². The molecular weight excluding hydrogens is 502 g/mol. The van der Waals surface area contributed by atoms with E-state index in [1.165, 1.54) is 6.92 Å². The molecule has 0 bridgehead atoms. The van der Waals surface area contributed by atoms with E-state index in [-0.39, 0.29) is 36.2 Å². The van der Waals surface area contributed by atoms with Crippen molar-refractivity contribution in [1.29, 1.82) is 0 Å². The van der Waals surface area contributed by atoms with Gasteiger partial charge in [-0.05, 0) is 60.0 Å². The van der Waals surface area contributed by atoms with Crippen molar-refractivity contribution in [3.8, 4) is 0 Å². The molecule has 0 aromatic carbocycles. The number of rotatable bonds is 4. The first-order valence-electron chi connectivity index (χ1n) is 14.8. The van der Waals surface area contributed by atoms with Crippen LogP contribution in [0, 0.1) is 35.5 Å². The third kappa shape index (κ3) is 7.60. The van der Waals surface area contributed by atoms with Crippen LogP contribution in [0.1, 0.15) is 81.6 Å². The fraction of sp³-hybridized carbons (Fsp3) is 0.933. The minimum atomic E-state index is -1.84. The number of carbonyl (C=O) groups excluding carboxylic acids is 2. The second kappa shape index (κ2) is 13.7. The van der Waals surface area contributed by atoms with Crippen LogP contribution in [0.25, 0.3) is 0 Å². The summed E-state index contributed by atoms with van der Waals surface area (Å²) < 4.78 is 18.6. The average molecular weight is 558 g/mol. The fourth-order valence-electron chi connectivity index (χ4n) is 6.67. The number of Topliss-reactive ketones (excluding diaryl/α,β-unsaturated/α-hetero) is 1. The topological polar surface area (TPSA) is 126 Å². The number of hydrogen-bond acceptors (Lipinski definition) is 9. The van der Waals surface area contributed by atoms with Crippen molar-refractivity contribution in [1.82, 2.24) is 4.90 Å². The van der Waals surface area contributed by atoms with Crippen molar-refractivity contribution in [3.05, 3.63) is 0 Å². The summed E-state index contributed by atoms with van der Waals surface area (Å²) in [7, 11) is 4.09. The molecule has 0 spiro atoms. The second-order valence-electron chi connectivity index (χ2n) is 13.0. The van der Waals surface area contributed by atoms with Gasteiger partial charge in [0.25, 0.3) is 0 Å². The quantitative estimate of drug-likeness (QED) is 0.447. The summed E-state index contributed by atoms with van der Waals surface area (Å²) in [4.78, 5) is 28.8. The van der Waals surface area contributed by atoms with E-state index in [0.717, 1.165) is 6.42 Å². The Kier molecular flexibility index (Phi) is 12.0. The van der Waals surface area contributed by atoms with Crippen LogP contribution in [0.4, 0.5) is 0 Å². The van der Waals surface area contributed by atoms with Crippen LogP contribution in [0.15, 0.2) is 0 Å². The van der Waals surface area contributed by atoms with Crippen LogP contribution >= 0.6 is 0 Å². The molecule has 39 heavy (non-hydrogen) atoms. The monoisotopic (exact) mass is 557 g/mol. The van der Waals surface area contributed by atoms with E-state index in [9.17, 15) is 24.9 Å². The number of aliphatic hydroxyl groups excluding tert-OH is 2. The van der Waals surface area contributed by atoms with Gasteiger partial charge in [-0.2, -0.15) is 0 Å². The van der Waals surface area contributed by atoms with Crippen LogP contribution in [0.2, 0.25) is 0 Å². The Morgan fingerprint density at radius 2 is 1.56 bits per heavy atom. The molecule has 2 aliphatic heterocycles. The molecule has 0 amide bonds. The van der Waals surface area contributed by atoms with Crippen LogP contribution in [-0.4, -0.2) is 94.5 Å². The van der Waals surface area contributed by atoms with Gasteiger partial charge < -0.3 is 34.4 Å². The third-order valence-corrected chi connectivity index (χ3v) is 9.45. The van der Waals surface area contributed by atoms with E-state index in [2.05, 4.69) is 11.8 Å². The zero-order valence-electron chi connectivity index (χ0n) is 26.0. The summed E-state index contributed by atoms with van der Waals surface area (Å²) in [6, 6.07) is 0.253. The molecule has 0 aromatic heterocycles. The number of cyclic esters (lactones) is 1. The number of esters is 1. The van der Waals surface area contributed by atoms with Crippen molar-refractivity contribution in [2.75, 3.05) is 14.1 Å². The molecule has 0 saturated carbocycles. The lowest BCUT2D eigenvalue weighted by atomic mass is 9.75. The first-order valence-corrected chi connectivity index (χ1v) is 14.8. The number of hydrogen-bond donors (Lipinski definition) is 3. The van der Waals surface area contributed by atoms with Crippen LogP contribution in [0.5, 0.6) is 0 Å². The highest BCUT2D eigenvalue weighted by Gasteiger charge is 2.48. The number of aliphatic hydroxyl groups is 3. The molecule has 228 valence electrons. The first-order chi connectivity index (χ1) is 17.9. The molecule has 2 heterocycles. The SMILES string of the molecule is CC[C@H]1OC(=O)[C@H](C)[C@@H](O)[C@H](C)[C@@H](O[C@@H]2O[C@H](C)C[C@H](N(C)C)[C@H]2C)[C@@H](C)C[C@@H](C)C(=O)[C@H](C)[C@@H](O)[C@]1(C)O. The Balaban J connectivity index is 2.47. The van der Waals surface area contributed by atoms with Crippen LogP contribution < -0.4 is 0 Å². The zero-order chi connectivity index (χ0) is 30.0. The molecule has 0 aliphatic carbocycles. The molecule has 9 heteroatoms. The maximum absolute atomic E-state index is 13.4. The van der Waals surface area contributed by atoms with E-state index in [1.807, 2.05) is 41.8 Å². The van der Waals surface area contributed by atoms with E-state index >= 15 is 0 Å². The fourth-order valence-corrected chi connectivity index (χ4v) is 6.67. The third-order valence-electron chi connectivity index (χ3n) is 9.45. The molecule has 0 aromatic rings. The minimum Gasteiger partial charge on any atom is -0.459 e. The van der Waals surface area contributed by atoms with E-state index in [0.29, 0.717) is 6.42 Å². The lowest BCUT2D eigenvalue weighted by Crippen LogP contribution is -2.56. The molecule has 9 nitrogen and oxygen atoms in total. The summed E-state index contributed by atoms with van der Waals surface area (Å²) in [6.45, 7) is 16.1. The Morgan fingerprint density at radius 1 is 0.974 bits per heavy atom. The van der Waals surface area contributed by atoms with Crippen molar-refractivity contribution >= 4 is 11.8 Å². The van der Waals surface area contributed by atoms with E-state index in [4.69, 9.17) is 14.2 Å². The number of nitrogens with zero attached hydrogens (tertiary/aromatic N) is 1.